The Kier molecular flexibility index (Phi) is 4.20. The van der Waals surface area contributed by atoms with Gasteiger partial charge in [0.05, 0.1) is 0 Å². The number of nitrogens with one attached hydrogen (secondary N) is 1. The number of carboxylic acid groups (broad SMARTS) is 1. The van der Waals surface area contributed by atoms with Crippen molar-refractivity contribution in [2.24, 2.45) is 5.73 Å². The van der Waals surface area contributed by atoms with E-state index < -0.39 is 12.0 Å². The number of carbonyl (C=O) groups is 1. The fourth-order valence-electron chi connectivity index (χ4n) is 1.23. The molecule has 1 aromatic rings. The van der Waals surface area contributed by atoms with Gasteiger partial charge in [-0.1, -0.05) is 12.1 Å². The van der Waals surface area contributed by atoms with Crippen molar-refractivity contribution in [2.45, 2.75) is 6.04 Å². The highest BCUT2D eigenvalue weighted by molar-refractivity contribution is 5.75. The fourth-order valence-corrected chi connectivity index (χ4v) is 1.23. The van der Waals surface area contributed by atoms with Crippen LogP contribution in [-0.2, 0) is 4.79 Å². The van der Waals surface area contributed by atoms with E-state index in [4.69, 9.17) is 10.8 Å². The lowest BCUT2D eigenvalue weighted by Gasteiger charge is -2.13. The van der Waals surface area contributed by atoms with E-state index >= 15 is 0 Å². The van der Waals surface area contributed by atoms with Crippen molar-refractivity contribution >= 4 is 5.97 Å². The summed E-state index contributed by atoms with van der Waals surface area (Å²) in [6, 6.07) is 4.51. The minimum absolute atomic E-state index is 0.352. The molecule has 1 atom stereocenters. The molecule has 0 saturated heterocycles. The van der Waals surface area contributed by atoms with Gasteiger partial charge in [0.1, 0.15) is 11.9 Å². The third kappa shape index (κ3) is 3.30. The molecule has 82 valence electrons. The average molecular weight is 212 g/mol. The Morgan fingerprint density at radius 2 is 2.07 bits per heavy atom. The second-order valence-electron chi connectivity index (χ2n) is 3.07. The molecule has 1 rings (SSSR count). The topological polar surface area (TPSA) is 75.3 Å². The number of halogens is 1. The number of rotatable bonds is 5. The predicted octanol–water partition coefficient (Wildman–Crippen LogP) is 0.500. The highest BCUT2D eigenvalue weighted by Crippen LogP contribution is 2.13. The molecule has 0 fully saturated rings. The van der Waals surface area contributed by atoms with Crippen LogP contribution in [0, 0.1) is 5.82 Å². The number of nitrogens with two attached hydrogens (primary N) is 1. The first-order chi connectivity index (χ1) is 7.15. The summed E-state index contributed by atoms with van der Waals surface area (Å²) >= 11 is 0. The third-order valence-electron chi connectivity index (χ3n) is 1.94. The minimum atomic E-state index is -1.00. The van der Waals surface area contributed by atoms with Gasteiger partial charge >= 0.3 is 5.97 Å². The number of hydrogen-bond donors (Lipinski definition) is 3. The number of carboxylic acids is 1. The van der Waals surface area contributed by atoms with Crippen LogP contribution >= 0.6 is 0 Å². The quantitative estimate of drug-likeness (QED) is 0.664. The Morgan fingerprint density at radius 3 is 2.53 bits per heavy atom. The van der Waals surface area contributed by atoms with Crippen LogP contribution in [0.5, 0.6) is 0 Å². The van der Waals surface area contributed by atoms with Crippen molar-refractivity contribution in [3.05, 3.63) is 35.6 Å². The van der Waals surface area contributed by atoms with Crippen molar-refractivity contribution in [2.75, 3.05) is 13.1 Å². The van der Waals surface area contributed by atoms with Crippen LogP contribution in [-0.4, -0.2) is 24.2 Å². The monoisotopic (exact) mass is 212 g/mol. The minimum Gasteiger partial charge on any atom is -0.480 e. The summed E-state index contributed by atoms with van der Waals surface area (Å²) in [5.74, 6) is -1.39. The summed E-state index contributed by atoms with van der Waals surface area (Å²) in [7, 11) is 0. The second-order valence-corrected chi connectivity index (χ2v) is 3.07. The van der Waals surface area contributed by atoms with E-state index in [9.17, 15) is 9.18 Å². The fraction of sp³-hybridized carbons (Fsp3) is 0.300. The number of hydrogen-bond acceptors (Lipinski definition) is 3. The molecule has 5 heteroatoms. The molecule has 0 amide bonds. The van der Waals surface area contributed by atoms with Crippen molar-refractivity contribution in [3.8, 4) is 0 Å². The zero-order valence-electron chi connectivity index (χ0n) is 8.11. The largest absolute Gasteiger partial charge is 0.480 e. The molecule has 0 aromatic heterocycles. The van der Waals surface area contributed by atoms with Gasteiger partial charge in [-0.2, -0.15) is 0 Å². The van der Waals surface area contributed by atoms with Crippen LogP contribution in [0.15, 0.2) is 24.3 Å². The third-order valence-corrected chi connectivity index (χ3v) is 1.94. The van der Waals surface area contributed by atoms with E-state index in [2.05, 4.69) is 5.32 Å². The lowest BCUT2D eigenvalue weighted by atomic mass is 10.1. The van der Waals surface area contributed by atoms with Gasteiger partial charge in [-0.25, -0.2) is 4.39 Å². The first kappa shape index (κ1) is 11.6. The predicted molar refractivity (Wildman–Crippen MR) is 53.8 cm³/mol. The lowest BCUT2D eigenvalue weighted by Crippen LogP contribution is -2.32. The lowest BCUT2D eigenvalue weighted by molar-refractivity contribution is -0.139. The van der Waals surface area contributed by atoms with Gasteiger partial charge in [-0.3, -0.25) is 10.1 Å². The van der Waals surface area contributed by atoms with Gasteiger partial charge in [0.2, 0.25) is 0 Å². The maximum absolute atomic E-state index is 12.6. The molecule has 4 nitrogen and oxygen atoms in total. The molecule has 0 saturated carbocycles. The van der Waals surface area contributed by atoms with E-state index in [0.29, 0.717) is 18.7 Å². The van der Waals surface area contributed by atoms with Crippen molar-refractivity contribution < 1.29 is 14.3 Å². The Bertz CT molecular complexity index is 327. The molecule has 0 aliphatic heterocycles. The molecule has 0 bridgehead atoms. The van der Waals surface area contributed by atoms with Gasteiger partial charge in [0.25, 0.3) is 0 Å². The Balaban J connectivity index is 2.79. The zero-order valence-corrected chi connectivity index (χ0v) is 8.11. The van der Waals surface area contributed by atoms with E-state index in [-0.39, 0.29) is 5.82 Å². The molecule has 0 aliphatic rings. The van der Waals surface area contributed by atoms with Crippen LogP contribution in [0.4, 0.5) is 4.39 Å². The molecular weight excluding hydrogens is 199 g/mol. The van der Waals surface area contributed by atoms with Gasteiger partial charge in [0.15, 0.2) is 0 Å². The second kappa shape index (κ2) is 5.43. The van der Waals surface area contributed by atoms with Crippen LogP contribution in [0.25, 0.3) is 0 Å². The molecule has 0 heterocycles. The number of aliphatic carboxylic acids is 1. The summed E-state index contributed by atoms with van der Waals surface area (Å²) in [4.78, 5) is 10.9. The van der Waals surface area contributed by atoms with Gasteiger partial charge in [-0.15, -0.1) is 0 Å². The maximum Gasteiger partial charge on any atom is 0.325 e. The average Bonchev–Trinajstić information content (AvgIpc) is 2.21. The Hall–Kier alpha value is -1.46. The SMILES string of the molecule is NCCNC(C(=O)O)c1ccc(F)cc1. The van der Waals surface area contributed by atoms with Crippen LogP contribution < -0.4 is 11.1 Å². The summed E-state index contributed by atoms with van der Waals surface area (Å²) in [5.41, 5.74) is 5.78. The van der Waals surface area contributed by atoms with Gasteiger partial charge in [0, 0.05) is 13.1 Å². The molecule has 15 heavy (non-hydrogen) atoms. The van der Waals surface area contributed by atoms with Crippen LogP contribution in [0.2, 0.25) is 0 Å². The van der Waals surface area contributed by atoms with E-state index in [1.165, 1.54) is 24.3 Å². The number of benzene rings is 1. The molecule has 0 radical (unpaired) electrons. The first-order valence-corrected chi connectivity index (χ1v) is 4.57. The normalized spacial score (nSPS) is 12.4. The zero-order chi connectivity index (χ0) is 11.3. The summed E-state index contributed by atoms with van der Waals surface area (Å²) in [5, 5.41) is 11.7. The smallest absolute Gasteiger partial charge is 0.325 e. The highest BCUT2D eigenvalue weighted by atomic mass is 19.1. The Labute approximate surface area is 86.9 Å². The van der Waals surface area contributed by atoms with Crippen molar-refractivity contribution in [3.63, 3.8) is 0 Å². The standard InChI is InChI=1S/C10H13FN2O2/c11-8-3-1-7(2-4-8)9(10(14)15)13-6-5-12/h1-4,9,13H,5-6,12H2,(H,14,15). The first-order valence-electron chi connectivity index (χ1n) is 4.57. The molecule has 0 spiro atoms. The van der Waals surface area contributed by atoms with E-state index in [0.717, 1.165) is 0 Å². The van der Waals surface area contributed by atoms with E-state index in [1.807, 2.05) is 0 Å². The molecular formula is C10H13FN2O2. The van der Waals surface area contributed by atoms with E-state index in [1.54, 1.807) is 0 Å². The van der Waals surface area contributed by atoms with Gasteiger partial charge < -0.3 is 10.8 Å². The molecule has 1 unspecified atom stereocenters. The molecule has 4 N–H and O–H groups in total. The summed E-state index contributed by atoms with van der Waals surface area (Å²) in [6.07, 6.45) is 0. The maximum atomic E-state index is 12.6. The Morgan fingerprint density at radius 1 is 1.47 bits per heavy atom. The van der Waals surface area contributed by atoms with Gasteiger partial charge in [-0.05, 0) is 17.7 Å². The molecule has 1 aromatic carbocycles. The van der Waals surface area contributed by atoms with Crippen molar-refractivity contribution in [1.29, 1.82) is 0 Å². The highest BCUT2D eigenvalue weighted by Gasteiger charge is 2.18. The summed E-state index contributed by atoms with van der Waals surface area (Å²) < 4.78 is 12.6. The molecule has 0 aliphatic carbocycles. The van der Waals surface area contributed by atoms with Crippen molar-refractivity contribution in [1.82, 2.24) is 5.32 Å². The summed E-state index contributed by atoms with van der Waals surface area (Å²) in [6.45, 7) is 0.749. The van der Waals surface area contributed by atoms with Crippen LogP contribution in [0.1, 0.15) is 11.6 Å². The van der Waals surface area contributed by atoms with Crippen LogP contribution in [0.3, 0.4) is 0 Å².